The second kappa shape index (κ2) is 2.61. The standard InChI is InChI=1S/C12H12O2/c1-7-9(12-6-14-12)3-4-10-8(2)13-5-11(7)10/h3-4,12H,2,5-6H2,1H3. The summed E-state index contributed by atoms with van der Waals surface area (Å²) in [4.78, 5) is 0. The smallest absolute Gasteiger partial charge is 0.120 e. The molecule has 0 amide bonds. The summed E-state index contributed by atoms with van der Waals surface area (Å²) in [6, 6.07) is 4.22. The molecule has 0 saturated carbocycles. The topological polar surface area (TPSA) is 21.8 Å². The molecule has 0 bridgehead atoms. The molecule has 1 fully saturated rings. The van der Waals surface area contributed by atoms with Crippen LogP contribution in [0.25, 0.3) is 5.76 Å². The molecule has 0 aliphatic carbocycles. The molecule has 0 aromatic heterocycles. The lowest BCUT2D eigenvalue weighted by Crippen LogP contribution is -1.94. The van der Waals surface area contributed by atoms with Crippen molar-refractivity contribution in [3.63, 3.8) is 0 Å². The normalized spacial score (nSPS) is 23.2. The number of rotatable bonds is 1. The van der Waals surface area contributed by atoms with Gasteiger partial charge in [0.2, 0.25) is 0 Å². The van der Waals surface area contributed by atoms with E-state index in [-0.39, 0.29) is 0 Å². The highest BCUT2D eigenvalue weighted by Gasteiger charge is 2.29. The summed E-state index contributed by atoms with van der Waals surface area (Å²) in [6.45, 7) is 7.54. The molecule has 0 N–H and O–H groups in total. The molecule has 72 valence electrons. The molecule has 2 nitrogen and oxygen atoms in total. The van der Waals surface area contributed by atoms with Gasteiger partial charge in [-0.2, -0.15) is 0 Å². The van der Waals surface area contributed by atoms with Crippen molar-refractivity contribution in [2.45, 2.75) is 19.6 Å². The number of fused-ring (bicyclic) bond motifs is 1. The van der Waals surface area contributed by atoms with Gasteiger partial charge in [0.15, 0.2) is 0 Å². The van der Waals surface area contributed by atoms with Gasteiger partial charge in [0.05, 0.1) is 6.61 Å². The molecule has 3 rings (SSSR count). The van der Waals surface area contributed by atoms with Crippen molar-refractivity contribution >= 4 is 5.76 Å². The highest BCUT2D eigenvalue weighted by Crippen LogP contribution is 2.38. The van der Waals surface area contributed by atoms with Crippen LogP contribution in [0.5, 0.6) is 0 Å². The molecule has 2 aliphatic rings. The fourth-order valence-corrected chi connectivity index (χ4v) is 2.04. The molecule has 2 heterocycles. The van der Waals surface area contributed by atoms with Crippen LogP contribution < -0.4 is 0 Å². The molecule has 14 heavy (non-hydrogen) atoms. The van der Waals surface area contributed by atoms with E-state index in [9.17, 15) is 0 Å². The predicted octanol–water partition coefficient (Wildman–Crippen LogP) is 2.57. The molecule has 2 heteroatoms. The van der Waals surface area contributed by atoms with Gasteiger partial charge in [-0.3, -0.25) is 0 Å². The van der Waals surface area contributed by atoms with Gasteiger partial charge >= 0.3 is 0 Å². The van der Waals surface area contributed by atoms with Crippen LogP contribution >= 0.6 is 0 Å². The minimum absolute atomic E-state index is 0.328. The first kappa shape index (κ1) is 8.06. The Labute approximate surface area is 83.1 Å². The summed E-state index contributed by atoms with van der Waals surface area (Å²) in [6.07, 6.45) is 0.328. The molecule has 2 aliphatic heterocycles. The average Bonchev–Trinajstić information content (AvgIpc) is 2.93. The Morgan fingerprint density at radius 3 is 2.93 bits per heavy atom. The molecular weight excluding hydrogens is 176 g/mol. The van der Waals surface area contributed by atoms with Crippen molar-refractivity contribution in [2.24, 2.45) is 0 Å². The molecule has 1 unspecified atom stereocenters. The lowest BCUT2D eigenvalue weighted by Gasteiger charge is -2.06. The molecule has 0 radical (unpaired) electrons. The van der Waals surface area contributed by atoms with Crippen LogP contribution in [0.2, 0.25) is 0 Å². The van der Waals surface area contributed by atoms with Crippen LogP contribution in [0, 0.1) is 6.92 Å². The first-order valence-electron chi connectivity index (χ1n) is 4.83. The lowest BCUT2D eigenvalue weighted by molar-refractivity contribution is 0.285. The van der Waals surface area contributed by atoms with Gasteiger partial charge in [-0.15, -0.1) is 0 Å². The minimum atomic E-state index is 0.328. The Balaban J connectivity index is 2.16. The van der Waals surface area contributed by atoms with Crippen LogP contribution in [0.1, 0.15) is 28.4 Å². The van der Waals surface area contributed by atoms with E-state index in [1.165, 1.54) is 16.7 Å². The summed E-state index contributed by atoms with van der Waals surface area (Å²) in [5, 5.41) is 0. The molecule has 1 aromatic rings. The number of hydrogen-bond acceptors (Lipinski definition) is 2. The number of benzene rings is 1. The third kappa shape index (κ3) is 1.01. The highest BCUT2D eigenvalue weighted by atomic mass is 16.6. The van der Waals surface area contributed by atoms with Gasteiger partial charge in [0, 0.05) is 11.1 Å². The quantitative estimate of drug-likeness (QED) is 0.632. The zero-order chi connectivity index (χ0) is 9.71. The maximum absolute atomic E-state index is 5.42. The van der Waals surface area contributed by atoms with Crippen LogP contribution in [-0.2, 0) is 16.1 Å². The second-order valence-electron chi connectivity index (χ2n) is 3.84. The van der Waals surface area contributed by atoms with Crippen LogP contribution in [0.4, 0.5) is 0 Å². The van der Waals surface area contributed by atoms with Crippen molar-refractivity contribution in [2.75, 3.05) is 6.61 Å². The van der Waals surface area contributed by atoms with Gasteiger partial charge in [0.1, 0.15) is 18.5 Å². The second-order valence-corrected chi connectivity index (χ2v) is 3.84. The van der Waals surface area contributed by atoms with Gasteiger partial charge in [0.25, 0.3) is 0 Å². The summed E-state index contributed by atoms with van der Waals surface area (Å²) in [5.41, 5.74) is 5.06. The van der Waals surface area contributed by atoms with E-state index in [2.05, 4.69) is 25.6 Å². The summed E-state index contributed by atoms with van der Waals surface area (Å²) >= 11 is 0. The Bertz CT molecular complexity index is 417. The number of ether oxygens (including phenoxy) is 2. The third-order valence-electron chi connectivity index (χ3n) is 3.01. The van der Waals surface area contributed by atoms with Crippen LogP contribution in [0.3, 0.4) is 0 Å². The summed E-state index contributed by atoms with van der Waals surface area (Å²) in [7, 11) is 0. The van der Waals surface area contributed by atoms with Crippen molar-refractivity contribution in [3.05, 3.63) is 41.0 Å². The molecule has 0 spiro atoms. The van der Waals surface area contributed by atoms with Crippen molar-refractivity contribution in [1.29, 1.82) is 0 Å². The van der Waals surface area contributed by atoms with Gasteiger partial charge < -0.3 is 9.47 Å². The van der Waals surface area contributed by atoms with Crippen molar-refractivity contribution in [1.82, 2.24) is 0 Å². The van der Waals surface area contributed by atoms with Crippen molar-refractivity contribution in [3.8, 4) is 0 Å². The maximum atomic E-state index is 5.42. The van der Waals surface area contributed by atoms with E-state index in [4.69, 9.17) is 9.47 Å². The van der Waals surface area contributed by atoms with Gasteiger partial charge in [-0.05, 0) is 18.1 Å². The van der Waals surface area contributed by atoms with E-state index in [0.717, 1.165) is 17.9 Å². The lowest BCUT2D eigenvalue weighted by atomic mass is 9.96. The van der Waals surface area contributed by atoms with E-state index in [1.54, 1.807) is 0 Å². The summed E-state index contributed by atoms with van der Waals surface area (Å²) in [5.74, 6) is 0.798. The minimum Gasteiger partial charge on any atom is -0.489 e. The zero-order valence-electron chi connectivity index (χ0n) is 8.17. The van der Waals surface area contributed by atoms with E-state index < -0.39 is 0 Å². The van der Waals surface area contributed by atoms with E-state index in [0.29, 0.717) is 12.7 Å². The zero-order valence-corrected chi connectivity index (χ0v) is 8.17. The van der Waals surface area contributed by atoms with Gasteiger partial charge in [-0.1, -0.05) is 18.7 Å². The Kier molecular flexibility index (Phi) is 1.50. The molecular formula is C12H12O2. The van der Waals surface area contributed by atoms with Gasteiger partial charge in [-0.25, -0.2) is 0 Å². The van der Waals surface area contributed by atoms with Crippen LogP contribution in [-0.4, -0.2) is 6.61 Å². The monoisotopic (exact) mass is 188 g/mol. The SMILES string of the molecule is C=C1OCc2c1ccc(C1CO1)c2C. The first-order valence-corrected chi connectivity index (χ1v) is 4.83. The third-order valence-corrected chi connectivity index (χ3v) is 3.01. The highest BCUT2D eigenvalue weighted by molar-refractivity contribution is 5.66. The van der Waals surface area contributed by atoms with Crippen LogP contribution in [0.15, 0.2) is 18.7 Å². The Morgan fingerprint density at radius 1 is 1.43 bits per heavy atom. The number of epoxide rings is 1. The fraction of sp³-hybridized carbons (Fsp3) is 0.333. The first-order chi connectivity index (χ1) is 6.77. The van der Waals surface area contributed by atoms with E-state index in [1.807, 2.05) is 0 Å². The summed E-state index contributed by atoms with van der Waals surface area (Å²) < 4.78 is 10.7. The molecule has 1 aromatic carbocycles. The molecule has 1 saturated heterocycles. The maximum Gasteiger partial charge on any atom is 0.120 e. The van der Waals surface area contributed by atoms with Crippen molar-refractivity contribution < 1.29 is 9.47 Å². The van der Waals surface area contributed by atoms with E-state index >= 15 is 0 Å². The Hall–Kier alpha value is -1.28. The largest absolute Gasteiger partial charge is 0.489 e. The number of hydrogen-bond donors (Lipinski definition) is 0. The Morgan fingerprint density at radius 2 is 2.21 bits per heavy atom. The molecule has 1 atom stereocenters. The predicted molar refractivity (Wildman–Crippen MR) is 53.7 cm³/mol. The fourth-order valence-electron chi connectivity index (χ4n) is 2.04. The average molecular weight is 188 g/mol.